The Hall–Kier alpha value is -3.60. The minimum absolute atomic E-state index is 0.115. The molecule has 0 spiro atoms. The van der Waals surface area contributed by atoms with Gasteiger partial charge in [0.1, 0.15) is 5.60 Å². The molecule has 0 radical (unpaired) electrons. The molecule has 2 saturated heterocycles. The van der Waals surface area contributed by atoms with Crippen molar-refractivity contribution in [2.45, 2.75) is 65.5 Å². The highest BCUT2D eigenvalue weighted by atomic mass is 16.6. The Kier molecular flexibility index (Phi) is 8.79. The molecule has 11 nitrogen and oxygen atoms in total. The maximum atomic E-state index is 12.4. The number of aryl methyl sites for hydroxylation is 2. The molecule has 2 amide bonds. The van der Waals surface area contributed by atoms with Gasteiger partial charge in [-0.25, -0.2) is 14.8 Å². The van der Waals surface area contributed by atoms with Gasteiger partial charge >= 0.3 is 6.09 Å². The van der Waals surface area contributed by atoms with Gasteiger partial charge in [-0.15, -0.1) is 0 Å². The third-order valence-electron chi connectivity index (χ3n) is 6.83. The minimum atomic E-state index is -0.631. The van der Waals surface area contributed by atoms with Crippen LogP contribution in [0.2, 0.25) is 0 Å². The Bertz CT molecular complexity index is 1180. The zero-order valence-corrected chi connectivity index (χ0v) is 23.7. The van der Waals surface area contributed by atoms with Crippen molar-refractivity contribution in [2.75, 3.05) is 54.9 Å². The van der Waals surface area contributed by atoms with Crippen LogP contribution >= 0.6 is 0 Å². The quantitative estimate of drug-likeness (QED) is 0.480. The van der Waals surface area contributed by atoms with Crippen molar-refractivity contribution < 1.29 is 19.1 Å². The number of benzene rings is 1. The van der Waals surface area contributed by atoms with E-state index in [4.69, 9.17) is 20.2 Å². The normalized spacial score (nSPS) is 16.6. The number of primary amides is 1. The van der Waals surface area contributed by atoms with Crippen molar-refractivity contribution in [1.29, 1.82) is 0 Å². The van der Waals surface area contributed by atoms with Gasteiger partial charge in [0.15, 0.2) is 17.3 Å². The number of anilines is 4. The maximum Gasteiger partial charge on any atom is 0.410 e. The van der Waals surface area contributed by atoms with Crippen molar-refractivity contribution >= 4 is 35.0 Å². The minimum Gasteiger partial charge on any atom is -0.444 e. The Morgan fingerprint density at radius 3 is 2.38 bits per heavy atom. The van der Waals surface area contributed by atoms with Gasteiger partial charge in [0, 0.05) is 56.8 Å². The molecule has 2 fully saturated rings. The summed E-state index contributed by atoms with van der Waals surface area (Å²) < 4.78 is 11.0. The summed E-state index contributed by atoms with van der Waals surface area (Å²) in [6.07, 6.45) is 2.12. The van der Waals surface area contributed by atoms with Crippen molar-refractivity contribution in [3.63, 3.8) is 0 Å². The van der Waals surface area contributed by atoms with Crippen LogP contribution in [0.5, 0.6) is 0 Å². The lowest BCUT2D eigenvalue weighted by atomic mass is 10.1. The molecule has 4 N–H and O–H groups in total. The van der Waals surface area contributed by atoms with Gasteiger partial charge in [-0.05, 0) is 70.7 Å². The van der Waals surface area contributed by atoms with Crippen molar-refractivity contribution in [3.05, 3.63) is 35.2 Å². The van der Waals surface area contributed by atoms with Crippen LogP contribution in [0.4, 0.5) is 27.8 Å². The highest BCUT2D eigenvalue weighted by Gasteiger charge is 2.27. The zero-order valence-electron chi connectivity index (χ0n) is 23.7. The summed E-state index contributed by atoms with van der Waals surface area (Å²) in [6.45, 7) is 13.7. The summed E-state index contributed by atoms with van der Waals surface area (Å²) in [6, 6.07) is 6.25. The highest BCUT2D eigenvalue weighted by molar-refractivity contribution is 5.96. The van der Waals surface area contributed by atoms with E-state index in [1.165, 1.54) is 0 Å². The predicted octanol–water partition coefficient (Wildman–Crippen LogP) is 3.84. The van der Waals surface area contributed by atoms with Crippen LogP contribution in [-0.2, 0) is 15.9 Å². The van der Waals surface area contributed by atoms with Gasteiger partial charge in [0.2, 0.25) is 0 Å². The van der Waals surface area contributed by atoms with Crippen LogP contribution in [0.15, 0.2) is 18.2 Å². The molecule has 2 aliphatic rings. The lowest BCUT2D eigenvalue weighted by molar-refractivity contribution is 0.0240. The van der Waals surface area contributed by atoms with Crippen LogP contribution in [0.1, 0.15) is 62.3 Å². The second kappa shape index (κ2) is 12.1. The molecule has 1 aromatic heterocycles. The summed E-state index contributed by atoms with van der Waals surface area (Å²) >= 11 is 0. The number of ether oxygens (including phenoxy) is 2. The zero-order chi connectivity index (χ0) is 28.2. The summed E-state index contributed by atoms with van der Waals surface area (Å²) in [5.41, 5.74) is 8.93. The number of carbonyl (C=O) groups excluding carboxylic acids is 2. The molecule has 0 saturated carbocycles. The van der Waals surface area contributed by atoms with E-state index >= 15 is 0 Å². The second-order valence-electron chi connectivity index (χ2n) is 11.0. The summed E-state index contributed by atoms with van der Waals surface area (Å²) in [4.78, 5) is 38.0. The molecule has 3 heterocycles. The van der Waals surface area contributed by atoms with E-state index in [-0.39, 0.29) is 17.8 Å². The molecule has 212 valence electrons. The Morgan fingerprint density at radius 2 is 1.79 bits per heavy atom. The molecule has 0 bridgehead atoms. The molecule has 0 aliphatic carbocycles. The SMILES string of the molecule is CCc1nc(C(N)=O)c(Nc2ccc(N3CCN(C(=O)OC(C)(C)C)CC3)c(C)c2)nc1NC1CCOCC1. The molecule has 1 aromatic carbocycles. The second-order valence-corrected chi connectivity index (χ2v) is 11.0. The highest BCUT2D eigenvalue weighted by Crippen LogP contribution is 2.29. The molecule has 11 heteroatoms. The van der Waals surface area contributed by atoms with Crippen LogP contribution in [-0.4, -0.2) is 77.9 Å². The van der Waals surface area contributed by atoms with Crippen LogP contribution in [0.3, 0.4) is 0 Å². The number of carbonyl (C=O) groups is 2. The van der Waals surface area contributed by atoms with E-state index in [9.17, 15) is 9.59 Å². The maximum absolute atomic E-state index is 12.4. The van der Waals surface area contributed by atoms with Gasteiger partial charge in [-0.1, -0.05) is 6.92 Å². The third-order valence-corrected chi connectivity index (χ3v) is 6.83. The van der Waals surface area contributed by atoms with Gasteiger partial charge in [0.25, 0.3) is 5.91 Å². The standard InChI is InChI=1S/C28H41N7O4/c1-6-21-25(30-19-9-15-38-16-10-19)33-26(23(32-21)24(29)36)31-20-7-8-22(18(2)17-20)34-11-13-35(14-12-34)27(37)39-28(3,4)5/h7-8,17,19H,6,9-16H2,1-5H3,(H2,29,36)(H2,30,31,33). The van der Waals surface area contributed by atoms with Gasteiger partial charge in [0.05, 0.1) is 5.69 Å². The fraction of sp³-hybridized carbons (Fsp3) is 0.571. The van der Waals surface area contributed by atoms with Gasteiger partial charge in [-0.3, -0.25) is 4.79 Å². The molecule has 2 aromatic rings. The molecule has 0 unspecified atom stereocenters. The number of aromatic nitrogens is 2. The van der Waals surface area contributed by atoms with E-state index in [0.29, 0.717) is 63.1 Å². The van der Waals surface area contributed by atoms with E-state index in [1.807, 2.05) is 52.8 Å². The fourth-order valence-electron chi connectivity index (χ4n) is 4.81. The number of nitrogens with two attached hydrogens (primary N) is 1. The summed E-state index contributed by atoms with van der Waals surface area (Å²) in [7, 11) is 0. The largest absolute Gasteiger partial charge is 0.444 e. The Balaban J connectivity index is 1.48. The monoisotopic (exact) mass is 539 g/mol. The first-order chi connectivity index (χ1) is 18.5. The molecule has 0 atom stereocenters. The van der Waals surface area contributed by atoms with Crippen LogP contribution in [0.25, 0.3) is 0 Å². The van der Waals surface area contributed by atoms with Gasteiger partial charge < -0.3 is 35.6 Å². The topological polar surface area (TPSA) is 135 Å². The van der Waals surface area contributed by atoms with Crippen molar-refractivity contribution in [1.82, 2.24) is 14.9 Å². The van der Waals surface area contributed by atoms with Crippen LogP contribution in [0, 0.1) is 6.92 Å². The molecule has 39 heavy (non-hydrogen) atoms. The molecule has 2 aliphatic heterocycles. The number of nitrogens with one attached hydrogen (secondary N) is 2. The number of rotatable bonds is 7. The Morgan fingerprint density at radius 1 is 1.10 bits per heavy atom. The number of hydrogen-bond donors (Lipinski definition) is 3. The number of hydrogen-bond acceptors (Lipinski definition) is 9. The molecule has 4 rings (SSSR count). The number of amides is 2. The Labute approximate surface area is 230 Å². The summed E-state index contributed by atoms with van der Waals surface area (Å²) in [5.74, 6) is 0.356. The average Bonchev–Trinajstić information content (AvgIpc) is 2.88. The first-order valence-corrected chi connectivity index (χ1v) is 13.7. The predicted molar refractivity (Wildman–Crippen MR) is 152 cm³/mol. The lowest BCUT2D eigenvalue weighted by Gasteiger charge is -2.37. The first kappa shape index (κ1) is 28.4. The number of piperazine rings is 1. The van der Waals surface area contributed by atoms with E-state index < -0.39 is 11.5 Å². The molecular formula is C28H41N7O4. The van der Waals surface area contributed by atoms with Crippen LogP contribution < -0.4 is 21.3 Å². The van der Waals surface area contributed by atoms with Crippen molar-refractivity contribution in [3.8, 4) is 0 Å². The number of nitrogens with zero attached hydrogens (tertiary/aromatic N) is 4. The first-order valence-electron chi connectivity index (χ1n) is 13.7. The average molecular weight is 540 g/mol. The van der Waals surface area contributed by atoms with E-state index in [2.05, 4.69) is 20.5 Å². The third kappa shape index (κ3) is 7.29. The molecular weight excluding hydrogens is 498 g/mol. The fourth-order valence-corrected chi connectivity index (χ4v) is 4.81. The smallest absolute Gasteiger partial charge is 0.410 e. The van der Waals surface area contributed by atoms with E-state index in [1.54, 1.807) is 4.90 Å². The van der Waals surface area contributed by atoms with E-state index in [0.717, 1.165) is 29.8 Å². The van der Waals surface area contributed by atoms with Gasteiger partial charge in [-0.2, -0.15) is 0 Å². The summed E-state index contributed by atoms with van der Waals surface area (Å²) in [5, 5.41) is 6.76. The lowest BCUT2D eigenvalue weighted by Crippen LogP contribution is -2.50. The van der Waals surface area contributed by atoms with Crippen molar-refractivity contribution in [2.24, 2.45) is 5.73 Å².